The summed E-state index contributed by atoms with van der Waals surface area (Å²) in [5, 5.41) is 8.49. The van der Waals surface area contributed by atoms with Gasteiger partial charge in [-0.1, -0.05) is 12.1 Å². The third-order valence-electron chi connectivity index (χ3n) is 3.25. The minimum Gasteiger partial charge on any atom is -0.326 e. The zero-order valence-electron chi connectivity index (χ0n) is 12.3. The molecule has 2 unspecified atom stereocenters. The van der Waals surface area contributed by atoms with Crippen LogP contribution in [0, 0.1) is 0 Å². The fourth-order valence-electron chi connectivity index (χ4n) is 2.25. The largest absolute Gasteiger partial charge is 0.326 e. The SMILES string of the molecule is CC(=O)Nc1cccc(C(C)NC(C)c2sccc2Br)c1. The van der Waals surface area contributed by atoms with E-state index in [2.05, 4.69) is 57.9 Å². The van der Waals surface area contributed by atoms with Gasteiger partial charge in [-0.05, 0) is 58.9 Å². The van der Waals surface area contributed by atoms with Crippen molar-refractivity contribution in [3.8, 4) is 0 Å². The Balaban J connectivity index is 2.08. The molecule has 1 aromatic heterocycles. The average molecular weight is 367 g/mol. The van der Waals surface area contributed by atoms with E-state index in [4.69, 9.17) is 0 Å². The maximum absolute atomic E-state index is 11.1. The Bertz CT molecular complexity index is 626. The molecule has 0 aliphatic rings. The number of benzene rings is 1. The van der Waals surface area contributed by atoms with Crippen LogP contribution in [0.4, 0.5) is 5.69 Å². The number of anilines is 1. The minimum atomic E-state index is -0.0522. The van der Waals surface area contributed by atoms with Crippen molar-refractivity contribution < 1.29 is 4.79 Å². The van der Waals surface area contributed by atoms with E-state index in [9.17, 15) is 4.79 Å². The first-order chi connectivity index (χ1) is 9.97. The molecule has 0 fully saturated rings. The van der Waals surface area contributed by atoms with Crippen LogP contribution in [0.1, 0.15) is 43.3 Å². The van der Waals surface area contributed by atoms with Crippen molar-refractivity contribution in [2.75, 3.05) is 5.32 Å². The molecule has 0 saturated heterocycles. The van der Waals surface area contributed by atoms with Crippen LogP contribution < -0.4 is 10.6 Å². The lowest BCUT2D eigenvalue weighted by Crippen LogP contribution is -2.22. The van der Waals surface area contributed by atoms with Gasteiger partial charge < -0.3 is 10.6 Å². The zero-order chi connectivity index (χ0) is 15.4. The fourth-order valence-corrected chi connectivity index (χ4v) is 3.98. The van der Waals surface area contributed by atoms with E-state index < -0.39 is 0 Å². The number of hydrogen-bond acceptors (Lipinski definition) is 3. The van der Waals surface area contributed by atoms with E-state index in [1.807, 2.05) is 18.2 Å². The predicted octanol–water partition coefficient (Wildman–Crippen LogP) is 4.88. The number of rotatable bonds is 5. The van der Waals surface area contributed by atoms with E-state index >= 15 is 0 Å². The maximum atomic E-state index is 11.1. The van der Waals surface area contributed by atoms with Crippen molar-refractivity contribution in [3.05, 3.63) is 50.6 Å². The van der Waals surface area contributed by atoms with Crippen molar-refractivity contribution in [1.29, 1.82) is 0 Å². The summed E-state index contributed by atoms with van der Waals surface area (Å²) in [6, 6.07) is 10.5. The normalized spacial score (nSPS) is 13.7. The van der Waals surface area contributed by atoms with E-state index in [0.29, 0.717) is 0 Å². The van der Waals surface area contributed by atoms with Crippen LogP contribution >= 0.6 is 27.3 Å². The van der Waals surface area contributed by atoms with E-state index in [1.165, 1.54) is 11.8 Å². The number of hydrogen-bond donors (Lipinski definition) is 2. The molecule has 2 aromatic rings. The first kappa shape index (κ1) is 16.2. The Labute approximate surface area is 137 Å². The van der Waals surface area contributed by atoms with Gasteiger partial charge in [-0.3, -0.25) is 4.79 Å². The standard InChI is InChI=1S/C16H19BrN2OS/c1-10(18-11(2)16-15(17)7-8-21-16)13-5-4-6-14(9-13)19-12(3)20/h4-11,18H,1-3H3,(H,19,20). The van der Waals surface area contributed by atoms with Crippen LogP contribution in [0.15, 0.2) is 40.2 Å². The highest BCUT2D eigenvalue weighted by atomic mass is 79.9. The third-order valence-corrected chi connectivity index (χ3v) is 5.30. The zero-order valence-corrected chi connectivity index (χ0v) is 14.7. The summed E-state index contributed by atoms with van der Waals surface area (Å²) in [5.74, 6) is -0.0522. The maximum Gasteiger partial charge on any atom is 0.221 e. The molecule has 0 spiro atoms. The summed E-state index contributed by atoms with van der Waals surface area (Å²) < 4.78 is 1.15. The molecule has 0 aliphatic carbocycles. The number of carbonyl (C=O) groups excluding carboxylic acids is 1. The molecule has 0 saturated carbocycles. The fraction of sp³-hybridized carbons (Fsp3) is 0.312. The van der Waals surface area contributed by atoms with Gasteiger partial charge in [-0.15, -0.1) is 11.3 Å². The van der Waals surface area contributed by atoms with E-state index in [0.717, 1.165) is 15.7 Å². The summed E-state index contributed by atoms with van der Waals surface area (Å²) in [7, 11) is 0. The van der Waals surface area contributed by atoms with Crippen LogP contribution in [-0.4, -0.2) is 5.91 Å². The van der Waals surface area contributed by atoms with E-state index in [-0.39, 0.29) is 18.0 Å². The second kappa shape index (κ2) is 7.20. The molecule has 1 heterocycles. The molecule has 21 heavy (non-hydrogen) atoms. The topological polar surface area (TPSA) is 41.1 Å². The van der Waals surface area contributed by atoms with Crippen LogP contribution in [0.3, 0.4) is 0 Å². The molecular weight excluding hydrogens is 348 g/mol. The highest BCUT2D eigenvalue weighted by molar-refractivity contribution is 9.10. The molecule has 2 rings (SSSR count). The first-order valence-corrected chi connectivity index (χ1v) is 8.51. The molecule has 0 radical (unpaired) electrons. The van der Waals surface area contributed by atoms with Gasteiger partial charge in [0.2, 0.25) is 5.91 Å². The molecule has 3 nitrogen and oxygen atoms in total. The molecule has 112 valence electrons. The van der Waals surface area contributed by atoms with Gasteiger partial charge in [-0.2, -0.15) is 0 Å². The van der Waals surface area contributed by atoms with Gasteiger partial charge in [-0.25, -0.2) is 0 Å². The number of amides is 1. The Kier molecular flexibility index (Phi) is 5.56. The average Bonchev–Trinajstić information content (AvgIpc) is 2.84. The van der Waals surface area contributed by atoms with Crippen LogP contribution in [0.25, 0.3) is 0 Å². The molecule has 0 bridgehead atoms. The lowest BCUT2D eigenvalue weighted by atomic mass is 10.1. The van der Waals surface area contributed by atoms with Crippen molar-refractivity contribution in [2.24, 2.45) is 0 Å². The van der Waals surface area contributed by atoms with Crippen LogP contribution in [0.2, 0.25) is 0 Å². The van der Waals surface area contributed by atoms with Crippen LogP contribution in [0.5, 0.6) is 0 Å². The summed E-state index contributed by atoms with van der Waals surface area (Å²) in [6.45, 7) is 5.81. The third kappa shape index (κ3) is 4.40. The molecule has 1 amide bonds. The number of carbonyl (C=O) groups is 1. The smallest absolute Gasteiger partial charge is 0.221 e. The lowest BCUT2D eigenvalue weighted by molar-refractivity contribution is -0.114. The number of nitrogens with one attached hydrogen (secondary N) is 2. The second-order valence-corrected chi connectivity index (χ2v) is 6.85. The van der Waals surface area contributed by atoms with Gasteiger partial charge in [0.15, 0.2) is 0 Å². The molecular formula is C16H19BrN2OS. The van der Waals surface area contributed by atoms with Gasteiger partial charge >= 0.3 is 0 Å². The van der Waals surface area contributed by atoms with Crippen molar-refractivity contribution in [2.45, 2.75) is 32.9 Å². The Morgan fingerprint density at radius 1 is 1.24 bits per heavy atom. The lowest BCUT2D eigenvalue weighted by Gasteiger charge is -2.20. The van der Waals surface area contributed by atoms with Gasteiger partial charge in [0, 0.05) is 34.0 Å². The predicted molar refractivity (Wildman–Crippen MR) is 92.7 cm³/mol. The first-order valence-electron chi connectivity index (χ1n) is 6.84. The molecule has 2 atom stereocenters. The quantitative estimate of drug-likeness (QED) is 0.791. The second-order valence-electron chi connectivity index (χ2n) is 5.05. The molecule has 0 aliphatic heterocycles. The highest BCUT2D eigenvalue weighted by Crippen LogP contribution is 2.30. The number of thiophene rings is 1. The summed E-state index contributed by atoms with van der Waals surface area (Å²) >= 11 is 5.31. The van der Waals surface area contributed by atoms with Crippen molar-refractivity contribution in [3.63, 3.8) is 0 Å². The van der Waals surface area contributed by atoms with Gasteiger partial charge in [0.1, 0.15) is 0 Å². The van der Waals surface area contributed by atoms with Crippen molar-refractivity contribution >= 4 is 38.9 Å². The monoisotopic (exact) mass is 366 g/mol. The Hall–Kier alpha value is -1.17. The van der Waals surface area contributed by atoms with E-state index in [1.54, 1.807) is 11.3 Å². The Morgan fingerprint density at radius 3 is 2.62 bits per heavy atom. The minimum absolute atomic E-state index is 0.0522. The van der Waals surface area contributed by atoms with Crippen molar-refractivity contribution in [1.82, 2.24) is 5.32 Å². The van der Waals surface area contributed by atoms with Gasteiger partial charge in [0.05, 0.1) is 0 Å². The molecule has 2 N–H and O–H groups in total. The molecule has 5 heteroatoms. The highest BCUT2D eigenvalue weighted by Gasteiger charge is 2.14. The summed E-state index contributed by atoms with van der Waals surface area (Å²) in [6.07, 6.45) is 0. The van der Waals surface area contributed by atoms with Gasteiger partial charge in [0.25, 0.3) is 0 Å². The van der Waals surface area contributed by atoms with Crippen LogP contribution in [-0.2, 0) is 4.79 Å². The molecule has 1 aromatic carbocycles. The summed E-state index contributed by atoms with van der Waals surface area (Å²) in [5.41, 5.74) is 1.99. The Morgan fingerprint density at radius 2 is 2.00 bits per heavy atom. The number of halogens is 1. The summed E-state index contributed by atoms with van der Waals surface area (Å²) in [4.78, 5) is 12.4.